The third-order valence-corrected chi connectivity index (χ3v) is 4.56. The van der Waals surface area contributed by atoms with Crippen LogP contribution in [0.1, 0.15) is 21.5 Å². The largest absolute Gasteiger partial charge is 0.454 e. The maximum absolute atomic E-state index is 13.2. The van der Waals surface area contributed by atoms with Crippen LogP contribution < -0.4 is 26.0 Å². The summed E-state index contributed by atoms with van der Waals surface area (Å²) in [5, 5.41) is 2.09. The van der Waals surface area contributed by atoms with Crippen LogP contribution in [0.5, 0.6) is 11.5 Å². The van der Waals surface area contributed by atoms with Crippen LogP contribution in [0.2, 0.25) is 0 Å². The van der Waals surface area contributed by atoms with Gasteiger partial charge in [0.2, 0.25) is 6.79 Å². The smallest absolute Gasteiger partial charge is 0.418 e. The van der Waals surface area contributed by atoms with Gasteiger partial charge in [0.05, 0.1) is 17.8 Å². The Balaban J connectivity index is 1.64. The van der Waals surface area contributed by atoms with Gasteiger partial charge < -0.3 is 19.8 Å². The van der Waals surface area contributed by atoms with Crippen molar-refractivity contribution in [2.45, 2.75) is 12.7 Å². The first kappa shape index (κ1) is 20.3. The van der Waals surface area contributed by atoms with Crippen molar-refractivity contribution in [3.8, 4) is 11.5 Å². The molecule has 11 heteroatoms. The number of H-pyrrole nitrogens is 1. The van der Waals surface area contributed by atoms with Gasteiger partial charge in [0, 0.05) is 6.20 Å². The van der Waals surface area contributed by atoms with Crippen molar-refractivity contribution < 1.29 is 27.4 Å². The number of fused-ring (bicyclic) bond motifs is 1. The lowest BCUT2D eigenvalue weighted by molar-refractivity contribution is -0.136. The summed E-state index contributed by atoms with van der Waals surface area (Å²) in [6, 6.07) is 9.18. The van der Waals surface area contributed by atoms with Gasteiger partial charge in [0.1, 0.15) is 5.56 Å². The van der Waals surface area contributed by atoms with Gasteiger partial charge in [-0.25, -0.2) is 4.79 Å². The molecule has 0 aliphatic carbocycles. The number of nitrogens with zero attached hydrogens (tertiary/aromatic N) is 1. The van der Waals surface area contributed by atoms with E-state index in [1.807, 2.05) is 0 Å². The van der Waals surface area contributed by atoms with Crippen molar-refractivity contribution in [3.63, 3.8) is 0 Å². The van der Waals surface area contributed by atoms with E-state index < -0.39 is 40.1 Å². The van der Waals surface area contributed by atoms with Crippen LogP contribution in [-0.2, 0) is 12.7 Å². The molecule has 0 saturated heterocycles. The number of hydrogen-bond acceptors (Lipinski definition) is 5. The molecule has 1 aliphatic rings. The van der Waals surface area contributed by atoms with Crippen LogP contribution in [-0.4, -0.2) is 22.3 Å². The molecule has 1 aromatic heterocycles. The third kappa shape index (κ3) is 4.02. The number of alkyl halides is 3. The van der Waals surface area contributed by atoms with Gasteiger partial charge >= 0.3 is 11.9 Å². The molecule has 3 aromatic rings. The average Bonchev–Trinajstić information content (AvgIpc) is 3.18. The van der Waals surface area contributed by atoms with E-state index in [1.54, 1.807) is 18.2 Å². The van der Waals surface area contributed by atoms with E-state index in [4.69, 9.17) is 9.47 Å². The van der Waals surface area contributed by atoms with Crippen LogP contribution >= 0.6 is 0 Å². The molecule has 160 valence electrons. The number of para-hydroxylation sites is 1. The number of rotatable bonds is 4. The summed E-state index contributed by atoms with van der Waals surface area (Å²) in [4.78, 5) is 39.7. The van der Waals surface area contributed by atoms with Crippen molar-refractivity contribution in [1.82, 2.24) is 9.55 Å². The van der Waals surface area contributed by atoms with Crippen molar-refractivity contribution >= 4 is 11.6 Å². The average molecular weight is 433 g/mol. The van der Waals surface area contributed by atoms with Crippen LogP contribution in [0.25, 0.3) is 0 Å². The van der Waals surface area contributed by atoms with Crippen molar-refractivity contribution in [2.24, 2.45) is 0 Å². The van der Waals surface area contributed by atoms with Gasteiger partial charge in [0.25, 0.3) is 11.5 Å². The number of aromatic amines is 1. The quantitative estimate of drug-likeness (QED) is 0.659. The van der Waals surface area contributed by atoms with E-state index in [2.05, 4.69) is 10.3 Å². The summed E-state index contributed by atoms with van der Waals surface area (Å²) in [7, 11) is 0. The fourth-order valence-corrected chi connectivity index (χ4v) is 3.07. The Morgan fingerprint density at radius 2 is 1.84 bits per heavy atom. The lowest BCUT2D eigenvalue weighted by atomic mass is 10.1. The van der Waals surface area contributed by atoms with E-state index >= 15 is 0 Å². The Labute approximate surface area is 171 Å². The maximum atomic E-state index is 13.2. The first-order valence-corrected chi connectivity index (χ1v) is 8.92. The number of aromatic nitrogens is 2. The number of amides is 1. The second kappa shape index (κ2) is 7.67. The molecule has 0 spiro atoms. The van der Waals surface area contributed by atoms with E-state index in [1.165, 1.54) is 12.1 Å². The summed E-state index contributed by atoms with van der Waals surface area (Å²) in [6.45, 7) is -0.139. The molecular formula is C20H14F3N3O5. The van der Waals surface area contributed by atoms with Gasteiger partial charge in [-0.3, -0.25) is 14.2 Å². The molecule has 0 radical (unpaired) electrons. The number of carbonyl (C=O) groups is 1. The topological polar surface area (TPSA) is 102 Å². The standard InChI is InChI=1S/C20H14F3N3O5/c21-20(22,23)13-3-1-2-4-14(13)25-17(27)12-8-24-19(29)26(18(12)28)9-11-5-6-15-16(7-11)31-10-30-15/h1-8H,9-10H2,(H,24,29)(H,25,27). The van der Waals surface area contributed by atoms with Gasteiger partial charge in [-0.1, -0.05) is 18.2 Å². The van der Waals surface area contributed by atoms with Crippen LogP contribution in [0.4, 0.5) is 18.9 Å². The molecule has 4 rings (SSSR count). The molecule has 31 heavy (non-hydrogen) atoms. The second-order valence-corrected chi connectivity index (χ2v) is 6.58. The molecule has 1 amide bonds. The summed E-state index contributed by atoms with van der Waals surface area (Å²) >= 11 is 0. The van der Waals surface area contributed by atoms with E-state index in [0.29, 0.717) is 17.1 Å². The van der Waals surface area contributed by atoms with Crippen molar-refractivity contribution in [1.29, 1.82) is 0 Å². The van der Waals surface area contributed by atoms with E-state index in [9.17, 15) is 27.6 Å². The zero-order valence-corrected chi connectivity index (χ0v) is 15.7. The van der Waals surface area contributed by atoms with Crippen molar-refractivity contribution in [3.05, 3.63) is 86.2 Å². The Morgan fingerprint density at radius 1 is 1.10 bits per heavy atom. The fourth-order valence-electron chi connectivity index (χ4n) is 3.07. The first-order chi connectivity index (χ1) is 14.7. The SMILES string of the molecule is O=C(Nc1ccccc1C(F)(F)F)c1c[nH]c(=O)n(Cc2ccc3c(c2)OCO3)c1=O. The number of benzene rings is 2. The van der Waals surface area contributed by atoms with Crippen LogP contribution in [0.15, 0.2) is 58.3 Å². The van der Waals surface area contributed by atoms with E-state index in [-0.39, 0.29) is 13.3 Å². The summed E-state index contributed by atoms with van der Waals surface area (Å²) in [5.74, 6) is -0.126. The summed E-state index contributed by atoms with van der Waals surface area (Å²) < 4.78 is 50.7. The molecule has 2 N–H and O–H groups in total. The number of ether oxygens (including phenoxy) is 2. The van der Waals surface area contributed by atoms with Crippen molar-refractivity contribution in [2.75, 3.05) is 12.1 Å². The monoisotopic (exact) mass is 433 g/mol. The number of hydrogen-bond donors (Lipinski definition) is 2. The highest BCUT2D eigenvalue weighted by Gasteiger charge is 2.33. The molecule has 0 atom stereocenters. The normalized spacial score (nSPS) is 12.6. The van der Waals surface area contributed by atoms with Gasteiger partial charge in [-0.15, -0.1) is 0 Å². The second-order valence-electron chi connectivity index (χ2n) is 6.58. The predicted octanol–water partition coefficient (Wildman–Crippen LogP) is 2.58. The minimum Gasteiger partial charge on any atom is -0.454 e. The molecule has 8 nitrogen and oxygen atoms in total. The Bertz CT molecular complexity index is 1280. The molecule has 0 unspecified atom stereocenters. The number of halogens is 3. The molecule has 0 saturated carbocycles. The van der Waals surface area contributed by atoms with Gasteiger partial charge in [-0.05, 0) is 29.8 Å². The Hall–Kier alpha value is -4.02. The third-order valence-electron chi connectivity index (χ3n) is 4.56. The number of anilines is 1. The maximum Gasteiger partial charge on any atom is 0.418 e. The summed E-state index contributed by atoms with van der Waals surface area (Å²) in [6.07, 6.45) is -3.83. The molecule has 1 aliphatic heterocycles. The molecule has 2 aromatic carbocycles. The zero-order chi connectivity index (χ0) is 22.2. The predicted molar refractivity (Wildman–Crippen MR) is 102 cm³/mol. The molecule has 2 heterocycles. The number of carbonyl (C=O) groups excluding carboxylic acids is 1. The minimum atomic E-state index is -4.70. The molecule has 0 fully saturated rings. The highest BCUT2D eigenvalue weighted by Crippen LogP contribution is 2.35. The Morgan fingerprint density at radius 3 is 2.61 bits per heavy atom. The van der Waals surface area contributed by atoms with Crippen LogP contribution in [0.3, 0.4) is 0 Å². The number of nitrogens with one attached hydrogen (secondary N) is 2. The minimum absolute atomic E-state index is 0.0500. The Kier molecular flexibility index (Phi) is 5.01. The molecule has 0 bridgehead atoms. The lowest BCUT2D eigenvalue weighted by Gasteiger charge is -2.13. The molecular weight excluding hydrogens is 419 g/mol. The van der Waals surface area contributed by atoms with Gasteiger partial charge in [0.15, 0.2) is 11.5 Å². The van der Waals surface area contributed by atoms with Gasteiger partial charge in [-0.2, -0.15) is 13.2 Å². The lowest BCUT2D eigenvalue weighted by Crippen LogP contribution is -2.39. The highest BCUT2D eigenvalue weighted by molar-refractivity contribution is 6.04. The summed E-state index contributed by atoms with van der Waals surface area (Å²) in [5.41, 5.74) is -3.30. The van der Waals surface area contributed by atoms with Crippen LogP contribution in [0, 0.1) is 0 Å². The first-order valence-electron chi connectivity index (χ1n) is 8.92. The fraction of sp³-hybridized carbons (Fsp3) is 0.150. The van der Waals surface area contributed by atoms with E-state index in [0.717, 1.165) is 22.9 Å². The highest BCUT2D eigenvalue weighted by atomic mass is 19.4. The zero-order valence-electron chi connectivity index (χ0n) is 15.7.